The van der Waals surface area contributed by atoms with Gasteiger partial charge in [0, 0.05) is 29.7 Å². The number of pyridine rings is 1. The highest BCUT2D eigenvalue weighted by Gasteiger charge is 2.28. The molecule has 108 valence electrons. The lowest BCUT2D eigenvalue weighted by atomic mass is 10.2. The van der Waals surface area contributed by atoms with Gasteiger partial charge in [0.05, 0.1) is 24.3 Å². The van der Waals surface area contributed by atoms with Gasteiger partial charge < -0.3 is 0 Å². The summed E-state index contributed by atoms with van der Waals surface area (Å²) in [6, 6.07) is 3.61. The molecule has 0 aliphatic heterocycles. The van der Waals surface area contributed by atoms with Gasteiger partial charge in [-0.1, -0.05) is 0 Å². The Kier molecular flexibility index (Phi) is 3.20. The summed E-state index contributed by atoms with van der Waals surface area (Å²) in [5, 5.41) is 7.87. The largest absolute Gasteiger partial charge is 0.408 e. The average Bonchev–Trinajstić information content (AvgIpc) is 3.06. The van der Waals surface area contributed by atoms with E-state index in [0.717, 1.165) is 10.4 Å². The molecule has 0 aliphatic rings. The van der Waals surface area contributed by atoms with Crippen molar-refractivity contribution in [3.8, 4) is 16.8 Å². The highest BCUT2D eigenvalue weighted by Crippen LogP contribution is 2.22. The topological polar surface area (TPSA) is 48.5 Å². The normalized spacial score (nSPS) is 11.8. The lowest BCUT2D eigenvalue weighted by Gasteiger charge is -2.04. The quantitative estimate of drug-likeness (QED) is 0.746. The molecule has 3 aromatic rings. The van der Waals surface area contributed by atoms with Crippen LogP contribution in [-0.4, -0.2) is 30.7 Å². The van der Waals surface area contributed by atoms with E-state index in [1.165, 1.54) is 12.4 Å². The van der Waals surface area contributed by atoms with E-state index in [-0.39, 0.29) is 0 Å². The fraction of sp³-hybridized carbons (Fsp3) is 0.154. The zero-order valence-electron chi connectivity index (χ0n) is 10.7. The van der Waals surface area contributed by atoms with Crippen LogP contribution in [0.15, 0.2) is 49.3 Å². The van der Waals surface area contributed by atoms with E-state index < -0.39 is 12.7 Å². The van der Waals surface area contributed by atoms with Crippen LogP contribution in [0.1, 0.15) is 0 Å². The number of hydrogen-bond acceptors (Lipinski definition) is 3. The van der Waals surface area contributed by atoms with Gasteiger partial charge in [0.25, 0.3) is 0 Å². The maximum Gasteiger partial charge on any atom is 0.408 e. The first-order valence-corrected chi connectivity index (χ1v) is 6.06. The summed E-state index contributed by atoms with van der Waals surface area (Å²) in [5.74, 6) is 0. The molecular formula is C13H10F3N5. The molecule has 3 aromatic heterocycles. The van der Waals surface area contributed by atoms with Gasteiger partial charge in [0.15, 0.2) is 0 Å². The number of aromatic nitrogens is 5. The van der Waals surface area contributed by atoms with Gasteiger partial charge in [0.1, 0.15) is 6.54 Å². The van der Waals surface area contributed by atoms with Crippen molar-refractivity contribution in [3.63, 3.8) is 0 Å². The first-order chi connectivity index (χ1) is 10.0. The Hall–Kier alpha value is -2.64. The Morgan fingerprint density at radius 2 is 1.76 bits per heavy atom. The SMILES string of the molecule is FC(F)(F)Cn1cc(-c2cnn(-c3cccnc3)c2)cn1. The van der Waals surface area contributed by atoms with Crippen molar-refractivity contribution in [2.45, 2.75) is 12.7 Å². The summed E-state index contributed by atoms with van der Waals surface area (Å²) in [4.78, 5) is 3.99. The minimum absolute atomic E-state index is 0.578. The predicted octanol–water partition coefficient (Wildman–Crippen LogP) is 2.69. The summed E-state index contributed by atoms with van der Waals surface area (Å²) in [5.41, 5.74) is 2.04. The molecule has 0 N–H and O–H groups in total. The van der Waals surface area contributed by atoms with Crippen LogP contribution in [0.5, 0.6) is 0 Å². The molecule has 0 amide bonds. The fourth-order valence-electron chi connectivity index (χ4n) is 1.89. The second-order valence-corrected chi connectivity index (χ2v) is 4.43. The predicted molar refractivity (Wildman–Crippen MR) is 68.6 cm³/mol. The van der Waals surface area contributed by atoms with Crippen molar-refractivity contribution in [2.24, 2.45) is 0 Å². The first kappa shape index (κ1) is 13.3. The molecule has 0 radical (unpaired) electrons. The minimum atomic E-state index is -4.29. The summed E-state index contributed by atoms with van der Waals surface area (Å²) in [6.45, 7) is -1.11. The number of hydrogen-bond donors (Lipinski definition) is 0. The van der Waals surface area contributed by atoms with Crippen molar-refractivity contribution < 1.29 is 13.2 Å². The summed E-state index contributed by atoms with van der Waals surface area (Å²) in [6.07, 6.45) is 5.02. The van der Waals surface area contributed by atoms with E-state index in [1.54, 1.807) is 35.5 Å². The summed E-state index contributed by atoms with van der Waals surface area (Å²) >= 11 is 0. The van der Waals surface area contributed by atoms with Crippen LogP contribution < -0.4 is 0 Å². The molecule has 0 saturated carbocycles. The van der Waals surface area contributed by atoms with E-state index in [2.05, 4.69) is 15.2 Å². The Balaban J connectivity index is 1.84. The highest BCUT2D eigenvalue weighted by atomic mass is 19.4. The number of nitrogens with zero attached hydrogens (tertiary/aromatic N) is 5. The van der Waals surface area contributed by atoms with Crippen molar-refractivity contribution in [2.75, 3.05) is 0 Å². The third-order valence-corrected chi connectivity index (χ3v) is 2.80. The highest BCUT2D eigenvalue weighted by molar-refractivity contribution is 5.60. The molecule has 0 fully saturated rings. The van der Waals surface area contributed by atoms with Gasteiger partial charge in [-0.3, -0.25) is 9.67 Å². The second kappa shape index (κ2) is 5.04. The maximum atomic E-state index is 12.3. The monoisotopic (exact) mass is 293 g/mol. The van der Waals surface area contributed by atoms with E-state index in [9.17, 15) is 13.2 Å². The Morgan fingerprint density at radius 1 is 1.00 bits per heavy atom. The van der Waals surface area contributed by atoms with Crippen molar-refractivity contribution >= 4 is 0 Å². The molecule has 3 rings (SSSR count). The van der Waals surface area contributed by atoms with E-state index >= 15 is 0 Å². The van der Waals surface area contributed by atoms with Gasteiger partial charge >= 0.3 is 6.18 Å². The number of rotatable bonds is 3. The van der Waals surface area contributed by atoms with Crippen molar-refractivity contribution in [3.05, 3.63) is 49.3 Å². The number of alkyl halides is 3. The molecule has 8 heteroatoms. The molecule has 3 heterocycles. The molecule has 0 saturated heterocycles. The van der Waals surface area contributed by atoms with Gasteiger partial charge in [-0.05, 0) is 12.1 Å². The van der Waals surface area contributed by atoms with Gasteiger partial charge in [-0.2, -0.15) is 23.4 Å². The minimum Gasteiger partial charge on any atom is -0.263 e. The molecule has 5 nitrogen and oxygen atoms in total. The van der Waals surface area contributed by atoms with E-state index in [1.807, 2.05) is 6.07 Å². The fourth-order valence-corrected chi connectivity index (χ4v) is 1.89. The molecule has 0 spiro atoms. The zero-order valence-corrected chi connectivity index (χ0v) is 10.7. The van der Waals surface area contributed by atoms with E-state index in [0.29, 0.717) is 11.1 Å². The molecule has 0 aromatic carbocycles. The first-order valence-electron chi connectivity index (χ1n) is 6.06. The Bertz CT molecular complexity index is 730. The van der Waals surface area contributed by atoms with Crippen molar-refractivity contribution in [1.82, 2.24) is 24.5 Å². The summed E-state index contributed by atoms with van der Waals surface area (Å²) < 4.78 is 39.3. The standard InChI is InChI=1S/C13H10F3N5/c14-13(15,16)9-20-7-10(4-18-20)11-5-19-21(8-11)12-2-1-3-17-6-12/h1-8H,9H2. The molecule has 0 bridgehead atoms. The van der Waals surface area contributed by atoms with E-state index in [4.69, 9.17) is 0 Å². The second-order valence-electron chi connectivity index (χ2n) is 4.43. The lowest BCUT2D eigenvalue weighted by Crippen LogP contribution is -2.17. The van der Waals surface area contributed by atoms with Crippen LogP contribution in [0, 0.1) is 0 Å². The van der Waals surface area contributed by atoms with Crippen LogP contribution >= 0.6 is 0 Å². The molecule has 0 atom stereocenters. The molecule has 0 aliphatic carbocycles. The van der Waals surface area contributed by atoms with Crippen LogP contribution in [0.25, 0.3) is 16.8 Å². The Morgan fingerprint density at radius 3 is 2.48 bits per heavy atom. The van der Waals surface area contributed by atoms with Crippen LogP contribution in [0.4, 0.5) is 13.2 Å². The van der Waals surface area contributed by atoms with Gasteiger partial charge in [-0.25, -0.2) is 4.68 Å². The number of halogens is 3. The molecule has 0 unspecified atom stereocenters. The zero-order chi connectivity index (χ0) is 14.9. The average molecular weight is 293 g/mol. The third-order valence-electron chi connectivity index (χ3n) is 2.80. The third kappa shape index (κ3) is 3.10. The maximum absolute atomic E-state index is 12.3. The lowest BCUT2D eigenvalue weighted by molar-refractivity contribution is -0.142. The Labute approximate surface area is 117 Å². The van der Waals surface area contributed by atoms with Gasteiger partial charge in [-0.15, -0.1) is 0 Å². The molecule has 21 heavy (non-hydrogen) atoms. The van der Waals surface area contributed by atoms with Crippen molar-refractivity contribution in [1.29, 1.82) is 0 Å². The van der Waals surface area contributed by atoms with Crippen LogP contribution in [0.3, 0.4) is 0 Å². The van der Waals surface area contributed by atoms with Gasteiger partial charge in [0.2, 0.25) is 0 Å². The molecular weight excluding hydrogens is 283 g/mol. The summed E-state index contributed by atoms with van der Waals surface area (Å²) in [7, 11) is 0. The van der Waals surface area contributed by atoms with Crippen LogP contribution in [0.2, 0.25) is 0 Å². The smallest absolute Gasteiger partial charge is 0.263 e. The van der Waals surface area contributed by atoms with Crippen LogP contribution in [-0.2, 0) is 6.54 Å².